The van der Waals surface area contributed by atoms with Crippen LogP contribution in [0.4, 0.5) is 8.78 Å². The summed E-state index contributed by atoms with van der Waals surface area (Å²) in [5.74, 6) is -1.93. The van der Waals surface area contributed by atoms with E-state index in [2.05, 4.69) is 31.7 Å². The maximum Gasteiger partial charge on any atom is 0.270 e. The summed E-state index contributed by atoms with van der Waals surface area (Å²) >= 11 is 0. The number of pyridine rings is 1. The predicted molar refractivity (Wildman–Crippen MR) is 136 cm³/mol. The molecule has 1 atom stereocenters. The number of halogens is 2. The van der Waals surface area contributed by atoms with E-state index in [9.17, 15) is 23.6 Å². The van der Waals surface area contributed by atoms with Crippen molar-refractivity contribution in [2.75, 3.05) is 0 Å². The van der Waals surface area contributed by atoms with Gasteiger partial charge in [-0.3, -0.25) is 14.6 Å². The molecule has 1 aliphatic rings. The van der Waals surface area contributed by atoms with E-state index in [1.165, 1.54) is 18.2 Å². The number of hydrogen-bond donors (Lipinski definition) is 2. The number of benzene rings is 2. The molecule has 1 unspecified atom stereocenters. The summed E-state index contributed by atoms with van der Waals surface area (Å²) in [6.07, 6.45) is 3.25. The Kier molecular flexibility index (Phi) is 7.06. The highest BCUT2D eigenvalue weighted by atomic mass is 19.1. The Morgan fingerprint density at radius 2 is 1.74 bits per heavy atom. The highest BCUT2D eigenvalue weighted by Crippen LogP contribution is 2.32. The van der Waals surface area contributed by atoms with Crippen LogP contribution < -0.4 is 10.6 Å². The number of rotatable bonds is 5. The summed E-state index contributed by atoms with van der Waals surface area (Å²) in [5.41, 5.74) is 4.31. The Morgan fingerprint density at radius 1 is 0.974 bits per heavy atom. The average Bonchev–Trinajstić information content (AvgIpc) is 3.09. The molecular formula is C29H22F2N6O2. The Bertz CT molecular complexity index is 1650. The summed E-state index contributed by atoms with van der Waals surface area (Å²) < 4.78 is 27.5. The number of fused-ring (bicyclic) bond motifs is 2. The Morgan fingerprint density at radius 3 is 2.51 bits per heavy atom. The van der Waals surface area contributed by atoms with Gasteiger partial charge in [0.05, 0.1) is 29.6 Å². The quantitative estimate of drug-likeness (QED) is 0.409. The molecule has 2 N–H and O–H groups in total. The molecule has 0 bridgehead atoms. The maximum absolute atomic E-state index is 14.0. The molecule has 4 aromatic rings. The molecule has 8 nitrogen and oxygen atoms in total. The van der Waals surface area contributed by atoms with Crippen molar-refractivity contribution in [1.29, 1.82) is 5.26 Å². The number of aromatic nitrogens is 3. The van der Waals surface area contributed by atoms with E-state index in [-0.39, 0.29) is 23.7 Å². The maximum atomic E-state index is 14.0. The second-order valence-electron chi connectivity index (χ2n) is 9.18. The molecule has 1 aliphatic carbocycles. The van der Waals surface area contributed by atoms with Gasteiger partial charge in [0.2, 0.25) is 0 Å². The lowest BCUT2D eigenvalue weighted by molar-refractivity contribution is 0.0937. The molecular weight excluding hydrogens is 502 g/mol. The molecule has 0 spiro atoms. The van der Waals surface area contributed by atoms with E-state index in [0.29, 0.717) is 40.8 Å². The van der Waals surface area contributed by atoms with Gasteiger partial charge >= 0.3 is 0 Å². The first-order valence-corrected chi connectivity index (χ1v) is 12.2. The van der Waals surface area contributed by atoms with Gasteiger partial charge in [-0.25, -0.2) is 18.7 Å². The Hall–Kier alpha value is -5.04. The highest BCUT2D eigenvalue weighted by Gasteiger charge is 2.28. The van der Waals surface area contributed by atoms with E-state index in [1.807, 2.05) is 0 Å². The van der Waals surface area contributed by atoms with Crippen LogP contribution in [0.5, 0.6) is 0 Å². The highest BCUT2D eigenvalue weighted by molar-refractivity contribution is 5.97. The molecule has 0 saturated heterocycles. The third-order valence-corrected chi connectivity index (χ3v) is 6.57. The molecule has 2 heterocycles. The summed E-state index contributed by atoms with van der Waals surface area (Å²) in [4.78, 5) is 38.4. The van der Waals surface area contributed by atoms with E-state index < -0.39 is 23.7 Å². The van der Waals surface area contributed by atoms with Crippen LogP contribution in [0.1, 0.15) is 66.1 Å². The van der Waals surface area contributed by atoms with E-state index in [0.717, 1.165) is 23.7 Å². The van der Waals surface area contributed by atoms with Crippen molar-refractivity contribution in [3.05, 3.63) is 123 Å². The van der Waals surface area contributed by atoms with Gasteiger partial charge in [0.15, 0.2) is 0 Å². The van der Waals surface area contributed by atoms with Crippen molar-refractivity contribution in [2.24, 2.45) is 0 Å². The first-order chi connectivity index (χ1) is 18.8. The van der Waals surface area contributed by atoms with Crippen LogP contribution >= 0.6 is 0 Å². The van der Waals surface area contributed by atoms with E-state index >= 15 is 0 Å². The molecule has 10 heteroatoms. The molecule has 39 heavy (non-hydrogen) atoms. The third kappa shape index (κ3) is 5.48. The molecule has 0 aliphatic heterocycles. The standard InChI is InChI=1S/C29H22F2N6O2/c1-16-8-18(3-7-23(16)31)13-34-28(38)24-11-25(36-15-35-24)29(39)37-27-22-6-2-17(12-32)9-19(22)4-5-20-10-21(30)14-33-26(20)27/h2-3,6-11,14-15,27H,4-5,13H2,1H3,(H,34,38)(H,37,39). The molecule has 2 aromatic carbocycles. The molecule has 2 aromatic heterocycles. The number of carbonyl (C=O) groups excluding carboxylic acids is 2. The van der Waals surface area contributed by atoms with E-state index in [1.54, 1.807) is 37.3 Å². The van der Waals surface area contributed by atoms with Crippen molar-refractivity contribution in [2.45, 2.75) is 32.4 Å². The van der Waals surface area contributed by atoms with Gasteiger partial charge < -0.3 is 10.6 Å². The van der Waals surface area contributed by atoms with Gasteiger partial charge in [-0.2, -0.15) is 5.26 Å². The third-order valence-electron chi connectivity index (χ3n) is 6.57. The van der Waals surface area contributed by atoms with Crippen molar-refractivity contribution >= 4 is 11.8 Å². The topological polar surface area (TPSA) is 121 Å². The van der Waals surface area contributed by atoms with Gasteiger partial charge in [-0.05, 0) is 71.8 Å². The molecule has 0 saturated carbocycles. The van der Waals surface area contributed by atoms with Gasteiger partial charge in [0, 0.05) is 12.6 Å². The van der Waals surface area contributed by atoms with Crippen LogP contribution in [0.2, 0.25) is 0 Å². The zero-order valence-electron chi connectivity index (χ0n) is 20.8. The summed E-state index contributed by atoms with van der Waals surface area (Å²) in [7, 11) is 0. The van der Waals surface area contributed by atoms with Crippen LogP contribution in [0.25, 0.3) is 0 Å². The van der Waals surface area contributed by atoms with Crippen LogP contribution in [0.3, 0.4) is 0 Å². The van der Waals surface area contributed by atoms with Gasteiger partial charge in [0.25, 0.3) is 11.8 Å². The van der Waals surface area contributed by atoms with Gasteiger partial charge in [-0.15, -0.1) is 0 Å². The minimum Gasteiger partial charge on any atom is -0.347 e. The van der Waals surface area contributed by atoms with Crippen LogP contribution in [-0.4, -0.2) is 26.8 Å². The number of nitrogens with zero attached hydrogens (tertiary/aromatic N) is 4. The lowest BCUT2D eigenvalue weighted by atomic mass is 9.96. The van der Waals surface area contributed by atoms with Crippen molar-refractivity contribution in [3.63, 3.8) is 0 Å². The second-order valence-corrected chi connectivity index (χ2v) is 9.18. The van der Waals surface area contributed by atoms with Gasteiger partial charge in [0.1, 0.15) is 29.3 Å². The molecule has 2 amide bonds. The average molecular weight is 525 g/mol. The van der Waals surface area contributed by atoms with E-state index in [4.69, 9.17) is 0 Å². The number of amides is 2. The van der Waals surface area contributed by atoms with Crippen molar-refractivity contribution in [3.8, 4) is 6.07 Å². The number of nitrogens with one attached hydrogen (secondary N) is 2. The van der Waals surface area contributed by atoms with Crippen LogP contribution in [-0.2, 0) is 19.4 Å². The molecule has 5 rings (SSSR count). The number of carbonyl (C=O) groups is 2. The smallest absolute Gasteiger partial charge is 0.270 e. The van der Waals surface area contributed by atoms with Crippen molar-refractivity contribution < 1.29 is 18.4 Å². The largest absolute Gasteiger partial charge is 0.347 e. The van der Waals surface area contributed by atoms with Crippen LogP contribution in [0, 0.1) is 29.9 Å². The number of aryl methyl sites for hydroxylation is 3. The SMILES string of the molecule is Cc1cc(CNC(=O)c2cc(C(=O)NC3c4ccc(C#N)cc4CCc4cc(F)cnc43)ncn2)ccc1F. The zero-order chi connectivity index (χ0) is 27.5. The lowest BCUT2D eigenvalue weighted by Gasteiger charge is -2.21. The zero-order valence-corrected chi connectivity index (χ0v) is 20.8. The molecule has 0 radical (unpaired) electrons. The van der Waals surface area contributed by atoms with Crippen LogP contribution in [0.15, 0.2) is 61.1 Å². The summed E-state index contributed by atoms with van der Waals surface area (Å²) in [6, 6.07) is 13.8. The normalized spacial score (nSPS) is 13.8. The second kappa shape index (κ2) is 10.8. The summed E-state index contributed by atoms with van der Waals surface area (Å²) in [6.45, 7) is 1.78. The molecule has 0 fully saturated rings. The summed E-state index contributed by atoms with van der Waals surface area (Å²) in [5, 5.41) is 15.0. The Balaban J connectivity index is 1.39. The predicted octanol–water partition coefficient (Wildman–Crippen LogP) is 3.88. The lowest BCUT2D eigenvalue weighted by Crippen LogP contribution is -2.32. The fraction of sp³-hybridized carbons (Fsp3) is 0.172. The first kappa shape index (κ1) is 25.6. The number of nitriles is 1. The minimum atomic E-state index is -0.729. The first-order valence-electron chi connectivity index (χ1n) is 12.2. The van der Waals surface area contributed by atoms with Gasteiger partial charge in [-0.1, -0.05) is 18.2 Å². The van der Waals surface area contributed by atoms with Crippen molar-refractivity contribution in [1.82, 2.24) is 25.6 Å². The Labute approximate surface area is 222 Å². The fourth-order valence-corrected chi connectivity index (χ4v) is 4.59. The fourth-order valence-electron chi connectivity index (χ4n) is 4.59. The number of hydrogen-bond acceptors (Lipinski definition) is 6. The minimum absolute atomic E-state index is 0.0190. The molecule has 194 valence electrons. The monoisotopic (exact) mass is 524 g/mol.